The molecule has 0 spiro atoms. The molecule has 84 valence electrons. The molecule has 2 heterocycles. The number of hydrogen-bond acceptors (Lipinski definition) is 6. The van der Waals surface area contributed by atoms with Crippen LogP contribution in [-0.4, -0.2) is 15.2 Å². The van der Waals surface area contributed by atoms with Crippen LogP contribution in [0.15, 0.2) is 20.9 Å². The van der Waals surface area contributed by atoms with Crippen LogP contribution in [0.4, 0.5) is 0 Å². The molecule has 2 rings (SSSR count). The minimum atomic E-state index is 0.482. The highest BCUT2D eigenvalue weighted by Crippen LogP contribution is 2.31. The Bertz CT molecular complexity index is 482. The lowest BCUT2D eigenvalue weighted by Gasteiger charge is -2.08. The molecule has 0 saturated heterocycles. The Labute approximate surface area is 102 Å². The fraction of sp³-hybridized carbons (Fsp3) is 0.300. The van der Waals surface area contributed by atoms with Crippen molar-refractivity contribution in [2.24, 2.45) is 5.73 Å². The van der Waals surface area contributed by atoms with Crippen molar-refractivity contribution in [2.75, 3.05) is 0 Å². The second-order valence-corrected chi connectivity index (χ2v) is 5.43. The molecule has 0 aliphatic rings. The van der Waals surface area contributed by atoms with Crippen LogP contribution in [0.1, 0.15) is 16.8 Å². The van der Waals surface area contributed by atoms with Crippen LogP contribution in [0.5, 0.6) is 0 Å². The van der Waals surface area contributed by atoms with E-state index in [0.717, 1.165) is 26.2 Å². The molecule has 0 fully saturated rings. The molecule has 0 radical (unpaired) electrons. The van der Waals surface area contributed by atoms with Crippen molar-refractivity contribution in [3.63, 3.8) is 0 Å². The van der Waals surface area contributed by atoms with E-state index in [1.807, 2.05) is 19.2 Å². The number of hydrogen-bond donors (Lipinski definition) is 1. The summed E-state index contributed by atoms with van der Waals surface area (Å²) < 4.78 is 0.965. The highest BCUT2D eigenvalue weighted by molar-refractivity contribution is 8.01. The molecular weight excluding hydrogens is 240 g/mol. The first-order valence-corrected chi connectivity index (χ1v) is 6.52. The van der Waals surface area contributed by atoms with Gasteiger partial charge in [-0.25, -0.2) is 4.98 Å². The zero-order valence-corrected chi connectivity index (χ0v) is 10.7. The molecule has 0 aromatic carbocycles. The standard InChI is InChI=1S/C10H12N4S2/c1-6-7(2)13-14-9(8(6)5-11)16-10-12-3-4-15-10/h3-4H,5,11H2,1-2H3. The monoisotopic (exact) mass is 252 g/mol. The third-order valence-corrected chi connectivity index (χ3v) is 4.25. The summed E-state index contributed by atoms with van der Waals surface area (Å²) in [4.78, 5) is 4.21. The van der Waals surface area contributed by atoms with E-state index >= 15 is 0 Å². The summed E-state index contributed by atoms with van der Waals surface area (Å²) in [5.74, 6) is 0. The van der Waals surface area contributed by atoms with Gasteiger partial charge in [0.1, 0.15) is 5.03 Å². The number of rotatable bonds is 3. The largest absolute Gasteiger partial charge is 0.326 e. The van der Waals surface area contributed by atoms with E-state index in [9.17, 15) is 0 Å². The third-order valence-electron chi connectivity index (χ3n) is 2.34. The average Bonchev–Trinajstić information content (AvgIpc) is 2.77. The number of thiazole rings is 1. The fourth-order valence-corrected chi connectivity index (χ4v) is 2.98. The molecule has 0 bridgehead atoms. The Morgan fingerprint density at radius 1 is 1.38 bits per heavy atom. The van der Waals surface area contributed by atoms with Gasteiger partial charge in [0.2, 0.25) is 0 Å². The van der Waals surface area contributed by atoms with Crippen molar-refractivity contribution >= 4 is 23.1 Å². The first-order valence-electron chi connectivity index (χ1n) is 4.82. The summed E-state index contributed by atoms with van der Waals surface area (Å²) in [5, 5.41) is 11.1. The van der Waals surface area contributed by atoms with Gasteiger partial charge in [-0.15, -0.1) is 16.4 Å². The van der Waals surface area contributed by atoms with E-state index < -0.39 is 0 Å². The summed E-state index contributed by atoms with van der Waals surface area (Å²) >= 11 is 3.11. The summed E-state index contributed by atoms with van der Waals surface area (Å²) in [6, 6.07) is 0. The average molecular weight is 252 g/mol. The molecule has 16 heavy (non-hydrogen) atoms. The van der Waals surface area contributed by atoms with Gasteiger partial charge in [-0.1, -0.05) is 0 Å². The second kappa shape index (κ2) is 4.90. The number of nitrogens with two attached hydrogens (primary N) is 1. The first kappa shape index (κ1) is 11.5. The van der Waals surface area contributed by atoms with Gasteiger partial charge in [-0.3, -0.25) is 0 Å². The Balaban J connectivity index is 2.37. The molecule has 0 atom stereocenters. The van der Waals surface area contributed by atoms with E-state index in [1.165, 1.54) is 11.8 Å². The maximum Gasteiger partial charge on any atom is 0.156 e. The first-order chi connectivity index (χ1) is 7.72. The van der Waals surface area contributed by atoms with E-state index in [-0.39, 0.29) is 0 Å². The van der Waals surface area contributed by atoms with Crippen molar-refractivity contribution in [3.05, 3.63) is 28.4 Å². The van der Waals surface area contributed by atoms with E-state index in [1.54, 1.807) is 17.5 Å². The van der Waals surface area contributed by atoms with Crippen LogP contribution in [-0.2, 0) is 6.54 Å². The highest BCUT2D eigenvalue weighted by atomic mass is 32.2. The summed E-state index contributed by atoms with van der Waals surface area (Å²) in [6.07, 6.45) is 1.78. The van der Waals surface area contributed by atoms with Crippen molar-refractivity contribution in [2.45, 2.75) is 29.8 Å². The molecule has 0 unspecified atom stereocenters. The van der Waals surface area contributed by atoms with Crippen LogP contribution in [0.3, 0.4) is 0 Å². The minimum absolute atomic E-state index is 0.482. The lowest BCUT2D eigenvalue weighted by molar-refractivity contribution is 0.824. The van der Waals surface area contributed by atoms with Crippen LogP contribution in [0, 0.1) is 13.8 Å². The van der Waals surface area contributed by atoms with Crippen molar-refractivity contribution in [1.29, 1.82) is 0 Å². The maximum atomic E-state index is 5.75. The molecule has 0 saturated carbocycles. The van der Waals surface area contributed by atoms with Gasteiger partial charge in [-0.05, 0) is 31.2 Å². The molecule has 0 amide bonds. The quantitative estimate of drug-likeness (QED) is 0.907. The molecular formula is C10H12N4S2. The maximum absolute atomic E-state index is 5.75. The topological polar surface area (TPSA) is 64.7 Å². The summed E-state index contributed by atoms with van der Waals surface area (Å²) in [5.41, 5.74) is 8.87. The normalized spacial score (nSPS) is 10.7. The van der Waals surface area contributed by atoms with Gasteiger partial charge in [0, 0.05) is 23.7 Å². The molecule has 0 aliphatic heterocycles. The molecule has 2 aromatic rings. The van der Waals surface area contributed by atoms with Gasteiger partial charge in [-0.2, -0.15) is 5.10 Å². The zero-order chi connectivity index (χ0) is 11.5. The summed E-state index contributed by atoms with van der Waals surface area (Å²) in [7, 11) is 0. The van der Waals surface area contributed by atoms with Crippen molar-refractivity contribution in [1.82, 2.24) is 15.2 Å². The Hall–Kier alpha value is -0.980. The fourth-order valence-electron chi connectivity index (χ4n) is 1.30. The Morgan fingerprint density at radius 3 is 2.81 bits per heavy atom. The molecule has 2 N–H and O–H groups in total. The SMILES string of the molecule is Cc1nnc(Sc2nccs2)c(CN)c1C. The summed E-state index contributed by atoms with van der Waals surface area (Å²) in [6.45, 7) is 4.45. The van der Waals surface area contributed by atoms with Gasteiger partial charge in [0.05, 0.1) is 5.69 Å². The number of aromatic nitrogens is 3. The predicted molar refractivity (Wildman–Crippen MR) is 65.6 cm³/mol. The number of aryl methyl sites for hydroxylation is 1. The number of nitrogens with zero attached hydrogens (tertiary/aromatic N) is 3. The molecule has 0 aliphatic carbocycles. The second-order valence-electron chi connectivity index (χ2n) is 3.30. The van der Waals surface area contributed by atoms with Crippen molar-refractivity contribution in [3.8, 4) is 0 Å². The smallest absolute Gasteiger partial charge is 0.156 e. The zero-order valence-electron chi connectivity index (χ0n) is 9.10. The van der Waals surface area contributed by atoms with Crippen molar-refractivity contribution < 1.29 is 0 Å². The third kappa shape index (κ3) is 2.23. The Kier molecular flexibility index (Phi) is 3.52. The molecule has 2 aromatic heterocycles. The van der Waals surface area contributed by atoms with Gasteiger partial charge in [0.15, 0.2) is 4.34 Å². The van der Waals surface area contributed by atoms with Crippen LogP contribution in [0.25, 0.3) is 0 Å². The van der Waals surface area contributed by atoms with Crippen LogP contribution >= 0.6 is 23.1 Å². The van der Waals surface area contributed by atoms with Gasteiger partial charge < -0.3 is 5.73 Å². The van der Waals surface area contributed by atoms with E-state index in [4.69, 9.17) is 5.73 Å². The van der Waals surface area contributed by atoms with Gasteiger partial charge in [0.25, 0.3) is 0 Å². The van der Waals surface area contributed by atoms with Crippen LogP contribution < -0.4 is 5.73 Å². The molecule has 6 heteroatoms. The molecule has 4 nitrogen and oxygen atoms in total. The lowest BCUT2D eigenvalue weighted by Crippen LogP contribution is -2.06. The van der Waals surface area contributed by atoms with Gasteiger partial charge >= 0.3 is 0 Å². The van der Waals surface area contributed by atoms with Crippen LogP contribution in [0.2, 0.25) is 0 Å². The minimum Gasteiger partial charge on any atom is -0.326 e. The lowest BCUT2D eigenvalue weighted by atomic mass is 10.1. The van der Waals surface area contributed by atoms with E-state index in [0.29, 0.717) is 6.54 Å². The predicted octanol–water partition coefficient (Wildman–Crippen LogP) is 2.16. The highest BCUT2D eigenvalue weighted by Gasteiger charge is 2.11. The Morgan fingerprint density at radius 2 is 2.19 bits per heavy atom. The van der Waals surface area contributed by atoms with E-state index in [2.05, 4.69) is 15.2 Å².